The zero-order valence-corrected chi connectivity index (χ0v) is 16.2. The number of amides is 2. The van der Waals surface area contributed by atoms with Crippen molar-refractivity contribution in [2.75, 3.05) is 11.9 Å². The zero-order chi connectivity index (χ0) is 22.4. The Bertz CT molecular complexity index is 1010. The fourth-order valence-electron chi connectivity index (χ4n) is 2.60. The van der Waals surface area contributed by atoms with Crippen LogP contribution in [0.4, 0.5) is 18.9 Å². The molecule has 0 radical (unpaired) electrons. The second kappa shape index (κ2) is 9.46. The van der Waals surface area contributed by atoms with E-state index in [-0.39, 0.29) is 17.5 Å². The summed E-state index contributed by atoms with van der Waals surface area (Å²) in [6.07, 6.45) is -0.479. The van der Waals surface area contributed by atoms with Gasteiger partial charge in [0.2, 0.25) is 0 Å². The predicted octanol–water partition coefficient (Wildman–Crippen LogP) is 3.79. The lowest BCUT2D eigenvalue weighted by atomic mass is 10.1. The summed E-state index contributed by atoms with van der Waals surface area (Å²) in [7, 11) is 0. The number of carbonyl (C=O) groups is 3. The van der Waals surface area contributed by atoms with E-state index < -0.39 is 30.2 Å². The highest BCUT2D eigenvalue weighted by Crippen LogP contribution is 2.29. The van der Waals surface area contributed by atoms with Gasteiger partial charge in [0.15, 0.2) is 6.61 Å². The molecular weight excluding hydrogens is 413 g/mol. The normalized spacial score (nSPS) is 13.6. The van der Waals surface area contributed by atoms with Crippen LogP contribution in [0, 0.1) is 0 Å². The van der Waals surface area contributed by atoms with E-state index >= 15 is 0 Å². The van der Waals surface area contributed by atoms with Crippen molar-refractivity contribution in [3.63, 3.8) is 0 Å². The van der Waals surface area contributed by atoms with Gasteiger partial charge in [0.25, 0.3) is 11.8 Å². The van der Waals surface area contributed by atoms with Gasteiger partial charge in [0.1, 0.15) is 0 Å². The minimum atomic E-state index is -4.49. The van der Waals surface area contributed by atoms with Gasteiger partial charge in [-0.15, -0.1) is 0 Å². The van der Waals surface area contributed by atoms with Gasteiger partial charge in [0.05, 0.1) is 5.56 Å². The van der Waals surface area contributed by atoms with Crippen molar-refractivity contribution in [1.29, 1.82) is 0 Å². The number of carbonyl (C=O) groups excluding carboxylic acids is 3. The molecule has 162 valence electrons. The van der Waals surface area contributed by atoms with Crippen LogP contribution in [0.2, 0.25) is 0 Å². The molecule has 1 aliphatic carbocycles. The Morgan fingerprint density at radius 1 is 1.06 bits per heavy atom. The average molecular weight is 432 g/mol. The van der Waals surface area contributed by atoms with Gasteiger partial charge >= 0.3 is 12.1 Å². The predicted molar refractivity (Wildman–Crippen MR) is 107 cm³/mol. The fourth-order valence-corrected chi connectivity index (χ4v) is 2.60. The topological polar surface area (TPSA) is 84.5 Å². The minimum Gasteiger partial charge on any atom is -0.452 e. The second-order valence-electron chi connectivity index (χ2n) is 6.94. The molecule has 2 aromatic carbocycles. The molecule has 0 bridgehead atoms. The standard InChI is InChI=1S/C22H19F3N2O4/c23-22(24,25)16-5-1-3-14(11-16)7-10-20(29)31-13-19(28)26-18-6-2-4-15(12-18)21(30)27-17-8-9-17/h1-7,10-12,17H,8-9,13H2,(H,26,28)(H,27,30)/b10-7+. The summed E-state index contributed by atoms with van der Waals surface area (Å²) in [6.45, 7) is -0.593. The number of halogens is 3. The molecule has 0 spiro atoms. The highest BCUT2D eigenvalue weighted by molar-refractivity contribution is 5.98. The summed E-state index contributed by atoms with van der Waals surface area (Å²) in [5.41, 5.74) is 0.0858. The number of anilines is 1. The molecular formula is C22H19F3N2O4. The number of esters is 1. The molecule has 9 heteroatoms. The van der Waals surface area contributed by atoms with Crippen LogP contribution in [-0.2, 0) is 20.5 Å². The third-order valence-electron chi connectivity index (χ3n) is 4.29. The maximum atomic E-state index is 12.7. The highest BCUT2D eigenvalue weighted by Gasteiger charge is 2.30. The van der Waals surface area contributed by atoms with Crippen LogP contribution in [0.5, 0.6) is 0 Å². The van der Waals surface area contributed by atoms with Crippen LogP contribution in [0.1, 0.15) is 34.3 Å². The molecule has 31 heavy (non-hydrogen) atoms. The van der Waals surface area contributed by atoms with E-state index in [0.717, 1.165) is 37.1 Å². The second-order valence-corrected chi connectivity index (χ2v) is 6.94. The average Bonchev–Trinajstić information content (AvgIpc) is 3.54. The van der Waals surface area contributed by atoms with E-state index in [4.69, 9.17) is 4.74 Å². The van der Waals surface area contributed by atoms with E-state index in [0.29, 0.717) is 11.3 Å². The van der Waals surface area contributed by atoms with Crippen molar-refractivity contribution in [1.82, 2.24) is 5.32 Å². The van der Waals surface area contributed by atoms with E-state index in [9.17, 15) is 27.6 Å². The summed E-state index contributed by atoms with van der Waals surface area (Å²) in [6, 6.07) is 11.0. The first-order valence-corrected chi connectivity index (χ1v) is 9.43. The smallest absolute Gasteiger partial charge is 0.416 e. The number of benzene rings is 2. The van der Waals surface area contributed by atoms with E-state index in [1.165, 1.54) is 18.2 Å². The SMILES string of the molecule is O=C(COC(=O)/C=C/c1cccc(C(F)(F)F)c1)Nc1cccc(C(=O)NC2CC2)c1. The molecule has 0 saturated heterocycles. The monoisotopic (exact) mass is 432 g/mol. The van der Waals surface area contributed by atoms with Gasteiger partial charge < -0.3 is 15.4 Å². The molecule has 0 atom stereocenters. The summed E-state index contributed by atoms with van der Waals surface area (Å²) in [5, 5.41) is 5.35. The maximum Gasteiger partial charge on any atom is 0.416 e. The number of rotatable bonds is 7. The van der Waals surface area contributed by atoms with E-state index in [1.807, 2.05) is 0 Å². The van der Waals surface area contributed by atoms with Crippen molar-refractivity contribution < 1.29 is 32.3 Å². The number of nitrogens with one attached hydrogen (secondary N) is 2. The lowest BCUT2D eigenvalue weighted by Gasteiger charge is -2.08. The van der Waals surface area contributed by atoms with Crippen molar-refractivity contribution in [2.24, 2.45) is 0 Å². The Labute approximate surface area is 176 Å². The van der Waals surface area contributed by atoms with Gasteiger partial charge in [-0.1, -0.05) is 18.2 Å². The molecule has 0 aromatic heterocycles. The molecule has 2 N–H and O–H groups in total. The number of alkyl halides is 3. The maximum absolute atomic E-state index is 12.7. The number of hydrogen-bond acceptors (Lipinski definition) is 4. The molecule has 0 aliphatic heterocycles. The minimum absolute atomic E-state index is 0.164. The summed E-state index contributed by atoms with van der Waals surface area (Å²) in [5.74, 6) is -1.74. The lowest BCUT2D eigenvalue weighted by Crippen LogP contribution is -2.25. The number of hydrogen-bond donors (Lipinski definition) is 2. The van der Waals surface area contributed by atoms with Crippen LogP contribution in [0.15, 0.2) is 54.6 Å². The molecule has 0 unspecified atom stereocenters. The van der Waals surface area contributed by atoms with Gasteiger partial charge in [-0.3, -0.25) is 9.59 Å². The zero-order valence-electron chi connectivity index (χ0n) is 16.2. The number of ether oxygens (including phenoxy) is 1. The van der Waals surface area contributed by atoms with E-state index in [2.05, 4.69) is 10.6 Å². The molecule has 2 aromatic rings. The largest absolute Gasteiger partial charge is 0.452 e. The van der Waals surface area contributed by atoms with Crippen molar-refractivity contribution in [3.05, 3.63) is 71.3 Å². The van der Waals surface area contributed by atoms with Crippen LogP contribution in [-0.4, -0.2) is 30.4 Å². The third kappa shape index (κ3) is 6.98. The Hall–Kier alpha value is -3.62. The van der Waals surface area contributed by atoms with Crippen LogP contribution in [0.25, 0.3) is 6.08 Å². The van der Waals surface area contributed by atoms with Crippen LogP contribution in [0.3, 0.4) is 0 Å². The molecule has 6 nitrogen and oxygen atoms in total. The van der Waals surface area contributed by atoms with Crippen LogP contribution >= 0.6 is 0 Å². The van der Waals surface area contributed by atoms with Crippen LogP contribution < -0.4 is 10.6 Å². The summed E-state index contributed by atoms with van der Waals surface area (Å²) in [4.78, 5) is 35.8. The van der Waals surface area contributed by atoms with Gasteiger partial charge in [0, 0.05) is 23.4 Å². The Morgan fingerprint density at radius 2 is 1.81 bits per heavy atom. The van der Waals surface area contributed by atoms with Gasteiger partial charge in [-0.25, -0.2) is 4.79 Å². The molecule has 3 rings (SSSR count). The van der Waals surface area contributed by atoms with Gasteiger partial charge in [-0.2, -0.15) is 13.2 Å². The molecule has 1 fully saturated rings. The Morgan fingerprint density at radius 3 is 2.52 bits per heavy atom. The fraction of sp³-hybridized carbons (Fsp3) is 0.227. The Balaban J connectivity index is 1.49. The van der Waals surface area contributed by atoms with Crippen molar-refractivity contribution >= 4 is 29.5 Å². The third-order valence-corrected chi connectivity index (χ3v) is 4.29. The summed E-state index contributed by atoms with van der Waals surface area (Å²) < 4.78 is 42.9. The van der Waals surface area contributed by atoms with E-state index in [1.54, 1.807) is 18.2 Å². The van der Waals surface area contributed by atoms with Gasteiger partial charge in [-0.05, 0) is 54.8 Å². The lowest BCUT2D eigenvalue weighted by molar-refractivity contribution is -0.142. The Kier molecular flexibility index (Phi) is 6.74. The molecule has 0 heterocycles. The van der Waals surface area contributed by atoms with Crippen molar-refractivity contribution in [3.8, 4) is 0 Å². The first kappa shape index (κ1) is 22.1. The molecule has 1 saturated carbocycles. The quantitative estimate of drug-likeness (QED) is 0.515. The summed E-state index contributed by atoms with van der Waals surface area (Å²) >= 11 is 0. The molecule has 1 aliphatic rings. The first-order valence-electron chi connectivity index (χ1n) is 9.43. The highest BCUT2D eigenvalue weighted by atomic mass is 19.4. The molecule has 2 amide bonds. The first-order chi connectivity index (χ1) is 14.7. The van der Waals surface area contributed by atoms with Crippen molar-refractivity contribution in [2.45, 2.75) is 25.1 Å².